The van der Waals surface area contributed by atoms with Gasteiger partial charge in [-0.05, 0) is 28.5 Å². The fourth-order valence-electron chi connectivity index (χ4n) is 2.61. The van der Waals surface area contributed by atoms with Gasteiger partial charge in [0, 0.05) is 12.0 Å². The summed E-state index contributed by atoms with van der Waals surface area (Å²) in [6.07, 6.45) is 0.250. The molecule has 0 aliphatic rings. The molecule has 0 saturated heterocycles. The molecule has 3 N–H and O–H groups in total. The van der Waals surface area contributed by atoms with Crippen LogP contribution in [0, 0.1) is 0 Å². The number of phenolic OH excluding ortho intramolecular Hbond substituents is 1. The molecule has 3 aromatic carbocycles. The van der Waals surface area contributed by atoms with Crippen molar-refractivity contribution in [1.29, 1.82) is 0 Å². The Morgan fingerprint density at radius 3 is 2.45 bits per heavy atom. The largest absolute Gasteiger partial charge is 0.508 e. The monoisotopic (exact) mass is 294 g/mol. The van der Waals surface area contributed by atoms with Crippen LogP contribution in [0.2, 0.25) is 0 Å². The van der Waals surface area contributed by atoms with Crippen LogP contribution < -0.4 is 0 Å². The molecule has 0 radical (unpaired) electrons. The van der Waals surface area contributed by atoms with Gasteiger partial charge in [0.15, 0.2) is 0 Å². The summed E-state index contributed by atoms with van der Waals surface area (Å²) >= 11 is 0. The van der Waals surface area contributed by atoms with Gasteiger partial charge in [-0.15, -0.1) is 0 Å². The molecule has 0 aromatic heterocycles. The van der Waals surface area contributed by atoms with Gasteiger partial charge in [0.25, 0.3) is 0 Å². The summed E-state index contributed by atoms with van der Waals surface area (Å²) in [5.74, 6) is -1.32. The normalized spacial score (nSPS) is 10.7. The van der Waals surface area contributed by atoms with Gasteiger partial charge in [0.05, 0.1) is 0 Å². The number of rotatable bonds is 3. The summed E-state index contributed by atoms with van der Waals surface area (Å²) in [6, 6.07) is 15.6. The molecule has 3 rings (SSSR count). The van der Waals surface area contributed by atoms with Gasteiger partial charge >= 0.3 is 5.97 Å². The standard InChI is InChI=1S/C18H14O4/c19-16-9-8-11-4-1-2-6-13(11)15(16)10-12-5-3-7-14(17(12)20)18(21)22/h1-9,19-20H,10H2,(H,21,22). The average Bonchev–Trinajstić information content (AvgIpc) is 2.51. The van der Waals surface area contributed by atoms with Crippen LogP contribution in [-0.4, -0.2) is 21.3 Å². The molecule has 0 fully saturated rings. The van der Waals surface area contributed by atoms with Crippen LogP contribution in [0.25, 0.3) is 10.8 Å². The van der Waals surface area contributed by atoms with Gasteiger partial charge in [-0.3, -0.25) is 0 Å². The highest BCUT2D eigenvalue weighted by atomic mass is 16.4. The van der Waals surface area contributed by atoms with E-state index in [1.54, 1.807) is 18.2 Å². The summed E-state index contributed by atoms with van der Waals surface area (Å²) in [7, 11) is 0. The fraction of sp³-hybridized carbons (Fsp3) is 0.0556. The number of aromatic hydroxyl groups is 2. The maximum Gasteiger partial charge on any atom is 0.339 e. The lowest BCUT2D eigenvalue weighted by Crippen LogP contribution is -2.00. The van der Waals surface area contributed by atoms with Crippen LogP contribution in [0.1, 0.15) is 21.5 Å². The van der Waals surface area contributed by atoms with E-state index >= 15 is 0 Å². The van der Waals surface area contributed by atoms with E-state index in [4.69, 9.17) is 5.11 Å². The zero-order valence-electron chi connectivity index (χ0n) is 11.7. The van der Waals surface area contributed by atoms with E-state index in [1.807, 2.05) is 30.3 Å². The maximum absolute atomic E-state index is 11.1. The minimum atomic E-state index is -1.18. The molecule has 0 atom stereocenters. The van der Waals surface area contributed by atoms with Crippen molar-refractivity contribution in [3.05, 3.63) is 71.3 Å². The molecular weight excluding hydrogens is 280 g/mol. The van der Waals surface area contributed by atoms with Gasteiger partial charge in [-0.2, -0.15) is 0 Å². The maximum atomic E-state index is 11.1. The number of carboxylic acid groups (broad SMARTS) is 1. The van der Waals surface area contributed by atoms with Crippen molar-refractivity contribution in [2.24, 2.45) is 0 Å². The first-order valence-corrected chi connectivity index (χ1v) is 6.81. The Morgan fingerprint density at radius 1 is 0.909 bits per heavy atom. The molecule has 0 heterocycles. The van der Waals surface area contributed by atoms with Gasteiger partial charge in [0.1, 0.15) is 17.1 Å². The van der Waals surface area contributed by atoms with Crippen molar-refractivity contribution in [3.8, 4) is 11.5 Å². The summed E-state index contributed by atoms with van der Waals surface area (Å²) in [5, 5.41) is 31.2. The lowest BCUT2D eigenvalue weighted by molar-refractivity contribution is 0.0693. The van der Waals surface area contributed by atoms with E-state index in [0.717, 1.165) is 10.8 Å². The van der Waals surface area contributed by atoms with Gasteiger partial charge in [-0.25, -0.2) is 4.79 Å². The second-order valence-electron chi connectivity index (χ2n) is 5.08. The van der Waals surface area contributed by atoms with Gasteiger partial charge in [-0.1, -0.05) is 42.5 Å². The Balaban J connectivity index is 2.13. The van der Waals surface area contributed by atoms with Crippen LogP contribution >= 0.6 is 0 Å². The van der Waals surface area contributed by atoms with Crippen molar-refractivity contribution < 1.29 is 20.1 Å². The number of hydrogen-bond donors (Lipinski definition) is 3. The molecule has 4 nitrogen and oxygen atoms in total. The van der Waals surface area contributed by atoms with Crippen molar-refractivity contribution in [1.82, 2.24) is 0 Å². The SMILES string of the molecule is O=C(O)c1cccc(Cc2c(O)ccc3ccccc23)c1O. The molecule has 3 aromatic rings. The molecule has 0 unspecified atom stereocenters. The zero-order valence-corrected chi connectivity index (χ0v) is 11.7. The van der Waals surface area contributed by atoms with Gasteiger partial charge < -0.3 is 15.3 Å². The quantitative estimate of drug-likeness (QED) is 0.690. The van der Waals surface area contributed by atoms with E-state index < -0.39 is 5.97 Å². The minimum absolute atomic E-state index is 0.124. The second-order valence-corrected chi connectivity index (χ2v) is 5.08. The van der Waals surface area contributed by atoms with Gasteiger partial charge in [0.2, 0.25) is 0 Å². The number of hydrogen-bond acceptors (Lipinski definition) is 3. The number of para-hydroxylation sites is 1. The summed E-state index contributed by atoms with van der Waals surface area (Å²) < 4.78 is 0. The number of benzene rings is 3. The molecule has 4 heteroatoms. The number of aromatic carboxylic acids is 1. The average molecular weight is 294 g/mol. The second kappa shape index (κ2) is 5.41. The van der Waals surface area contributed by atoms with E-state index in [2.05, 4.69) is 0 Å². The number of carbonyl (C=O) groups is 1. The third-order valence-corrected chi connectivity index (χ3v) is 3.73. The molecule has 0 amide bonds. The van der Waals surface area contributed by atoms with Crippen molar-refractivity contribution in [2.45, 2.75) is 6.42 Å². The Labute approximate surface area is 126 Å². The van der Waals surface area contributed by atoms with E-state index in [1.165, 1.54) is 6.07 Å². The first kappa shape index (κ1) is 13.9. The predicted molar refractivity (Wildman–Crippen MR) is 83.5 cm³/mol. The number of carboxylic acids is 1. The zero-order chi connectivity index (χ0) is 15.7. The minimum Gasteiger partial charge on any atom is -0.508 e. The highest BCUT2D eigenvalue weighted by Gasteiger charge is 2.15. The third-order valence-electron chi connectivity index (χ3n) is 3.73. The lowest BCUT2D eigenvalue weighted by atomic mass is 9.96. The summed E-state index contributed by atoms with van der Waals surface area (Å²) in [6.45, 7) is 0. The Morgan fingerprint density at radius 2 is 1.68 bits per heavy atom. The van der Waals surface area contributed by atoms with Crippen LogP contribution in [0.15, 0.2) is 54.6 Å². The van der Waals surface area contributed by atoms with Crippen LogP contribution in [0.3, 0.4) is 0 Å². The van der Waals surface area contributed by atoms with Crippen molar-refractivity contribution in [2.75, 3.05) is 0 Å². The predicted octanol–water partition coefficient (Wildman–Crippen LogP) is 3.54. The highest BCUT2D eigenvalue weighted by molar-refractivity contribution is 5.92. The third kappa shape index (κ3) is 2.35. The Bertz CT molecular complexity index is 868. The van der Waals surface area contributed by atoms with E-state index in [0.29, 0.717) is 11.1 Å². The van der Waals surface area contributed by atoms with Crippen LogP contribution in [0.5, 0.6) is 11.5 Å². The van der Waals surface area contributed by atoms with E-state index in [9.17, 15) is 15.0 Å². The Kier molecular flexibility index (Phi) is 3.43. The fourth-order valence-corrected chi connectivity index (χ4v) is 2.61. The molecule has 0 saturated carbocycles. The van der Waals surface area contributed by atoms with Crippen molar-refractivity contribution in [3.63, 3.8) is 0 Å². The molecule has 110 valence electrons. The first-order valence-electron chi connectivity index (χ1n) is 6.81. The Hall–Kier alpha value is -3.01. The highest BCUT2D eigenvalue weighted by Crippen LogP contribution is 2.32. The first-order chi connectivity index (χ1) is 10.6. The molecule has 0 aliphatic carbocycles. The van der Waals surface area contributed by atoms with E-state index in [-0.39, 0.29) is 23.5 Å². The molecule has 22 heavy (non-hydrogen) atoms. The van der Waals surface area contributed by atoms with Crippen LogP contribution in [0.4, 0.5) is 0 Å². The number of fused-ring (bicyclic) bond motifs is 1. The summed E-state index contributed by atoms with van der Waals surface area (Å²) in [4.78, 5) is 11.1. The lowest BCUT2D eigenvalue weighted by Gasteiger charge is -2.11. The topological polar surface area (TPSA) is 77.8 Å². The molecule has 0 bridgehead atoms. The van der Waals surface area contributed by atoms with Crippen LogP contribution in [-0.2, 0) is 6.42 Å². The molecular formula is C18H14O4. The van der Waals surface area contributed by atoms with Crippen molar-refractivity contribution >= 4 is 16.7 Å². The smallest absolute Gasteiger partial charge is 0.339 e. The molecule has 0 aliphatic heterocycles. The molecule has 0 spiro atoms. The number of phenols is 2. The summed E-state index contributed by atoms with van der Waals surface area (Å²) in [5.41, 5.74) is 0.986.